The van der Waals surface area contributed by atoms with Crippen LogP contribution < -0.4 is 16.2 Å². The summed E-state index contributed by atoms with van der Waals surface area (Å²) in [5, 5.41) is 0.596. The van der Waals surface area contributed by atoms with Gasteiger partial charge in [-0.15, -0.1) is 0 Å². The summed E-state index contributed by atoms with van der Waals surface area (Å²) in [5.41, 5.74) is 6.02. The predicted molar refractivity (Wildman–Crippen MR) is 95.3 cm³/mol. The Labute approximate surface area is 144 Å². The predicted octanol–water partition coefficient (Wildman–Crippen LogP) is 2.98. The van der Waals surface area contributed by atoms with Gasteiger partial charge in [-0.05, 0) is 47.0 Å². The number of benzene rings is 2. The van der Waals surface area contributed by atoms with Gasteiger partial charge in [-0.25, -0.2) is 5.84 Å². The third-order valence-electron chi connectivity index (χ3n) is 3.97. The first-order chi connectivity index (χ1) is 11.5. The molecule has 1 heterocycles. The van der Waals surface area contributed by atoms with Gasteiger partial charge in [0.15, 0.2) is 0 Å². The molecule has 0 bridgehead atoms. The van der Waals surface area contributed by atoms with E-state index in [1.165, 1.54) is 6.92 Å². The third kappa shape index (κ3) is 3.04. The summed E-state index contributed by atoms with van der Waals surface area (Å²) in [6.45, 7) is 1.94. The van der Waals surface area contributed by atoms with E-state index < -0.39 is 0 Å². The molecule has 122 valence electrons. The summed E-state index contributed by atoms with van der Waals surface area (Å²) in [6.07, 6.45) is 3.80. The summed E-state index contributed by atoms with van der Waals surface area (Å²) in [5.74, 6) is 4.77. The van der Waals surface area contributed by atoms with Gasteiger partial charge < -0.3 is 4.90 Å². The van der Waals surface area contributed by atoms with Crippen molar-refractivity contribution in [3.8, 4) is 0 Å². The lowest BCUT2D eigenvalue weighted by atomic mass is 9.98. The summed E-state index contributed by atoms with van der Waals surface area (Å²) in [7, 11) is 0. The second-order valence-electron chi connectivity index (χ2n) is 5.53. The lowest BCUT2D eigenvalue weighted by Gasteiger charge is -2.26. The number of hydrogen-bond acceptors (Lipinski definition) is 3. The number of halogens is 1. The van der Waals surface area contributed by atoms with Gasteiger partial charge in [-0.2, -0.15) is 0 Å². The van der Waals surface area contributed by atoms with Crippen molar-refractivity contribution in [2.75, 3.05) is 4.90 Å². The van der Waals surface area contributed by atoms with E-state index in [0.29, 0.717) is 17.1 Å². The minimum atomic E-state index is -0.361. The quantitative estimate of drug-likeness (QED) is 0.475. The molecule has 0 saturated carbocycles. The summed E-state index contributed by atoms with van der Waals surface area (Å²) < 4.78 is 0. The molecule has 2 aromatic carbocycles. The normalized spacial score (nSPS) is 14.0. The molecule has 2 amide bonds. The Balaban J connectivity index is 2.15. The van der Waals surface area contributed by atoms with Gasteiger partial charge in [0.2, 0.25) is 5.91 Å². The molecule has 0 atom stereocenters. The molecule has 0 unspecified atom stereocenters. The Kier molecular flexibility index (Phi) is 4.38. The monoisotopic (exact) mass is 341 g/mol. The molecular formula is C18H16ClN3O2. The number of amides is 2. The van der Waals surface area contributed by atoms with E-state index >= 15 is 0 Å². The van der Waals surface area contributed by atoms with Crippen molar-refractivity contribution >= 4 is 41.3 Å². The van der Waals surface area contributed by atoms with E-state index in [-0.39, 0.29) is 11.8 Å². The number of anilines is 1. The van der Waals surface area contributed by atoms with Crippen molar-refractivity contribution in [1.29, 1.82) is 0 Å². The fourth-order valence-corrected chi connectivity index (χ4v) is 2.92. The first kappa shape index (κ1) is 16.2. The number of fused-ring (bicyclic) bond motifs is 2. The Morgan fingerprint density at radius 3 is 2.58 bits per heavy atom. The second kappa shape index (κ2) is 6.47. The molecule has 0 radical (unpaired) electrons. The van der Waals surface area contributed by atoms with Crippen LogP contribution in [0, 0.1) is 0 Å². The van der Waals surface area contributed by atoms with Gasteiger partial charge in [-0.3, -0.25) is 15.0 Å². The zero-order valence-corrected chi connectivity index (χ0v) is 13.8. The van der Waals surface area contributed by atoms with Crippen LogP contribution in [0.1, 0.15) is 34.0 Å². The average Bonchev–Trinajstić information content (AvgIpc) is 2.56. The number of hydrazine groups is 1. The van der Waals surface area contributed by atoms with Gasteiger partial charge in [0.05, 0.1) is 12.2 Å². The number of hydrogen-bond donors (Lipinski definition) is 2. The van der Waals surface area contributed by atoms with Crippen LogP contribution in [0.3, 0.4) is 0 Å². The van der Waals surface area contributed by atoms with Crippen LogP contribution in [0.25, 0.3) is 12.2 Å². The molecule has 6 heteroatoms. The zero-order valence-electron chi connectivity index (χ0n) is 13.0. The minimum Gasteiger partial charge on any atom is -0.308 e. The van der Waals surface area contributed by atoms with Crippen LogP contribution >= 0.6 is 11.6 Å². The zero-order chi connectivity index (χ0) is 17.3. The Morgan fingerprint density at radius 1 is 1.12 bits per heavy atom. The Bertz CT molecular complexity index is 861. The lowest BCUT2D eigenvalue weighted by molar-refractivity contribution is -0.116. The molecule has 5 nitrogen and oxygen atoms in total. The first-order valence-corrected chi connectivity index (χ1v) is 7.77. The smallest absolute Gasteiger partial charge is 0.265 e. The van der Waals surface area contributed by atoms with Crippen molar-refractivity contribution in [2.24, 2.45) is 5.84 Å². The van der Waals surface area contributed by atoms with Gasteiger partial charge in [0.25, 0.3) is 5.91 Å². The lowest BCUT2D eigenvalue weighted by Crippen LogP contribution is -2.31. The molecule has 1 aliphatic heterocycles. The van der Waals surface area contributed by atoms with Crippen LogP contribution in [0.4, 0.5) is 5.69 Å². The van der Waals surface area contributed by atoms with E-state index in [2.05, 4.69) is 5.43 Å². The molecule has 0 aliphatic carbocycles. The van der Waals surface area contributed by atoms with Crippen LogP contribution in [0.2, 0.25) is 5.02 Å². The molecule has 0 saturated heterocycles. The highest BCUT2D eigenvalue weighted by Gasteiger charge is 2.19. The van der Waals surface area contributed by atoms with Gasteiger partial charge in [0.1, 0.15) is 0 Å². The van der Waals surface area contributed by atoms with Crippen molar-refractivity contribution in [2.45, 2.75) is 13.5 Å². The minimum absolute atomic E-state index is 0.0661. The Morgan fingerprint density at radius 2 is 1.88 bits per heavy atom. The van der Waals surface area contributed by atoms with Crippen LogP contribution in [0.15, 0.2) is 36.4 Å². The summed E-state index contributed by atoms with van der Waals surface area (Å²) >= 11 is 6.08. The number of nitrogens with one attached hydrogen (secondary N) is 1. The van der Waals surface area contributed by atoms with E-state index in [9.17, 15) is 9.59 Å². The van der Waals surface area contributed by atoms with Gasteiger partial charge in [0, 0.05) is 17.5 Å². The number of nitrogens with two attached hydrogens (primary N) is 1. The topological polar surface area (TPSA) is 75.4 Å². The van der Waals surface area contributed by atoms with Crippen molar-refractivity contribution < 1.29 is 9.59 Å². The van der Waals surface area contributed by atoms with E-state index in [0.717, 1.165) is 22.4 Å². The largest absolute Gasteiger partial charge is 0.308 e. The van der Waals surface area contributed by atoms with E-state index in [1.807, 2.05) is 30.4 Å². The molecule has 3 N–H and O–H groups in total. The molecule has 2 aromatic rings. The maximum atomic E-state index is 12.1. The SMILES string of the molecule is CC(=O)N1Cc2ccc(C(=O)NN)cc2/C=C\c2cc(Cl)ccc21. The second-order valence-corrected chi connectivity index (χ2v) is 5.97. The fourth-order valence-electron chi connectivity index (χ4n) is 2.74. The van der Waals surface area contributed by atoms with Crippen molar-refractivity contribution in [3.63, 3.8) is 0 Å². The van der Waals surface area contributed by atoms with Gasteiger partial charge in [-0.1, -0.05) is 29.8 Å². The number of nitrogen functional groups attached to an aromatic ring is 1. The first-order valence-electron chi connectivity index (χ1n) is 7.39. The maximum absolute atomic E-state index is 12.1. The highest BCUT2D eigenvalue weighted by molar-refractivity contribution is 6.30. The van der Waals surface area contributed by atoms with Crippen LogP contribution in [-0.2, 0) is 11.3 Å². The van der Waals surface area contributed by atoms with Crippen molar-refractivity contribution in [3.05, 3.63) is 63.7 Å². The Hall–Kier alpha value is -2.63. The number of nitrogens with zero attached hydrogens (tertiary/aromatic N) is 1. The molecule has 3 rings (SSSR count). The molecule has 0 aromatic heterocycles. The van der Waals surface area contributed by atoms with E-state index in [4.69, 9.17) is 17.4 Å². The molecular weight excluding hydrogens is 326 g/mol. The standard InChI is InChI=1S/C18H16ClN3O2/c1-11(23)22-10-15-5-4-14(18(24)21-20)8-12(15)2-3-13-9-16(19)6-7-17(13)22/h2-9H,10,20H2,1H3,(H,21,24)/b3-2-. The third-order valence-corrected chi connectivity index (χ3v) is 4.21. The highest BCUT2D eigenvalue weighted by atomic mass is 35.5. The number of carbonyl (C=O) groups is 2. The summed E-state index contributed by atoms with van der Waals surface area (Å²) in [6, 6.07) is 10.7. The number of rotatable bonds is 1. The molecule has 0 spiro atoms. The maximum Gasteiger partial charge on any atom is 0.265 e. The van der Waals surface area contributed by atoms with Crippen molar-refractivity contribution in [1.82, 2.24) is 5.43 Å². The fraction of sp³-hybridized carbons (Fsp3) is 0.111. The van der Waals surface area contributed by atoms with Crippen LogP contribution in [-0.4, -0.2) is 11.8 Å². The van der Waals surface area contributed by atoms with E-state index in [1.54, 1.807) is 23.1 Å². The highest BCUT2D eigenvalue weighted by Crippen LogP contribution is 2.31. The molecule has 1 aliphatic rings. The summed E-state index contributed by atoms with van der Waals surface area (Å²) in [4.78, 5) is 25.5. The average molecular weight is 342 g/mol. The molecule has 0 fully saturated rings. The molecule has 24 heavy (non-hydrogen) atoms. The van der Waals surface area contributed by atoms with Crippen LogP contribution in [0.5, 0.6) is 0 Å². The number of carbonyl (C=O) groups excluding carboxylic acids is 2. The van der Waals surface area contributed by atoms with Gasteiger partial charge >= 0.3 is 0 Å².